The van der Waals surface area contributed by atoms with Gasteiger partial charge in [0.25, 0.3) is 0 Å². The predicted octanol–water partition coefficient (Wildman–Crippen LogP) is 2.20. The van der Waals surface area contributed by atoms with Gasteiger partial charge < -0.3 is 14.8 Å². The fourth-order valence-electron chi connectivity index (χ4n) is 2.26. The van der Waals surface area contributed by atoms with Gasteiger partial charge in [-0.3, -0.25) is 0 Å². The SMILES string of the molecule is COC(=O)C(F)C1CC(NC(=O)OCc2ccccc2)C1. The van der Waals surface area contributed by atoms with E-state index in [1.807, 2.05) is 30.3 Å². The first kappa shape index (κ1) is 15.3. The molecule has 0 aliphatic heterocycles. The van der Waals surface area contributed by atoms with Gasteiger partial charge in [-0.2, -0.15) is 0 Å². The Morgan fingerprint density at radius 2 is 2.00 bits per heavy atom. The second-order valence-electron chi connectivity index (χ2n) is 5.06. The van der Waals surface area contributed by atoms with Gasteiger partial charge in [0.2, 0.25) is 0 Å². The molecule has 1 atom stereocenters. The van der Waals surface area contributed by atoms with Crippen LogP contribution < -0.4 is 5.32 Å². The molecule has 1 unspecified atom stereocenters. The third-order valence-electron chi connectivity index (χ3n) is 3.55. The second-order valence-corrected chi connectivity index (χ2v) is 5.06. The Kier molecular flexibility index (Phi) is 5.14. The number of carbonyl (C=O) groups is 2. The first-order valence-electron chi connectivity index (χ1n) is 6.79. The number of ether oxygens (including phenoxy) is 2. The Balaban J connectivity index is 1.66. The quantitative estimate of drug-likeness (QED) is 0.846. The zero-order valence-electron chi connectivity index (χ0n) is 11.8. The van der Waals surface area contributed by atoms with Crippen LogP contribution in [0.15, 0.2) is 30.3 Å². The summed E-state index contributed by atoms with van der Waals surface area (Å²) in [6.07, 6.45) is -1.32. The van der Waals surface area contributed by atoms with E-state index in [4.69, 9.17) is 4.74 Å². The van der Waals surface area contributed by atoms with Crippen LogP contribution in [0.4, 0.5) is 9.18 Å². The molecule has 0 bridgehead atoms. The molecule has 2 rings (SSSR count). The number of nitrogens with one attached hydrogen (secondary N) is 1. The van der Waals surface area contributed by atoms with Gasteiger partial charge in [-0.05, 0) is 18.4 Å². The number of benzene rings is 1. The van der Waals surface area contributed by atoms with Crippen molar-refractivity contribution < 1.29 is 23.5 Å². The molecular formula is C15H18FNO4. The lowest BCUT2D eigenvalue weighted by Crippen LogP contribution is -2.48. The largest absolute Gasteiger partial charge is 0.467 e. The molecule has 0 saturated heterocycles. The summed E-state index contributed by atoms with van der Waals surface area (Å²) in [6.45, 7) is 0.191. The van der Waals surface area contributed by atoms with E-state index in [-0.39, 0.29) is 12.6 Å². The summed E-state index contributed by atoms with van der Waals surface area (Å²) < 4.78 is 22.9. The van der Waals surface area contributed by atoms with Crippen LogP contribution in [0.2, 0.25) is 0 Å². The van der Waals surface area contributed by atoms with Crippen LogP contribution in [0.1, 0.15) is 18.4 Å². The minimum Gasteiger partial charge on any atom is -0.467 e. The van der Waals surface area contributed by atoms with Gasteiger partial charge in [0.1, 0.15) is 6.61 Å². The van der Waals surface area contributed by atoms with Crippen molar-refractivity contribution in [2.45, 2.75) is 31.7 Å². The molecule has 6 heteroatoms. The third kappa shape index (κ3) is 4.18. The average Bonchev–Trinajstić information content (AvgIpc) is 2.48. The molecule has 1 N–H and O–H groups in total. The van der Waals surface area contributed by atoms with E-state index in [1.54, 1.807) is 0 Å². The lowest BCUT2D eigenvalue weighted by Gasteiger charge is -2.36. The maximum Gasteiger partial charge on any atom is 0.407 e. The number of alkyl halides is 1. The molecule has 1 aliphatic carbocycles. The Labute approximate surface area is 122 Å². The molecule has 1 aliphatic rings. The number of hydrogen-bond donors (Lipinski definition) is 1. The van der Waals surface area contributed by atoms with E-state index in [1.165, 1.54) is 0 Å². The first-order valence-corrected chi connectivity index (χ1v) is 6.79. The monoisotopic (exact) mass is 295 g/mol. The highest BCUT2D eigenvalue weighted by Gasteiger charge is 2.40. The molecule has 21 heavy (non-hydrogen) atoms. The normalized spacial score (nSPS) is 21.8. The molecule has 0 heterocycles. The Morgan fingerprint density at radius 1 is 1.33 bits per heavy atom. The van der Waals surface area contributed by atoms with Crippen LogP contribution in [-0.2, 0) is 20.9 Å². The van der Waals surface area contributed by atoms with Crippen LogP contribution in [0.3, 0.4) is 0 Å². The van der Waals surface area contributed by atoms with E-state index in [0.29, 0.717) is 12.8 Å². The van der Waals surface area contributed by atoms with Crippen molar-refractivity contribution in [2.75, 3.05) is 7.11 Å². The minimum absolute atomic E-state index is 0.152. The van der Waals surface area contributed by atoms with Gasteiger partial charge >= 0.3 is 12.1 Å². The van der Waals surface area contributed by atoms with Crippen molar-refractivity contribution >= 4 is 12.1 Å². The Morgan fingerprint density at radius 3 is 2.62 bits per heavy atom. The molecule has 0 spiro atoms. The number of halogens is 1. The summed E-state index contributed by atoms with van der Waals surface area (Å²) in [5.74, 6) is -1.25. The fraction of sp³-hybridized carbons (Fsp3) is 0.467. The topological polar surface area (TPSA) is 64.6 Å². The molecule has 114 valence electrons. The maximum absolute atomic E-state index is 13.5. The highest BCUT2D eigenvalue weighted by molar-refractivity contribution is 5.75. The van der Waals surface area contributed by atoms with E-state index in [9.17, 15) is 14.0 Å². The molecular weight excluding hydrogens is 277 g/mol. The number of alkyl carbamates (subject to hydrolysis) is 1. The summed E-state index contributed by atoms with van der Waals surface area (Å²) in [5.41, 5.74) is 0.897. The molecule has 0 aromatic heterocycles. The van der Waals surface area contributed by atoms with E-state index in [0.717, 1.165) is 12.7 Å². The van der Waals surface area contributed by atoms with Gasteiger partial charge in [0.15, 0.2) is 6.17 Å². The maximum atomic E-state index is 13.5. The Hall–Kier alpha value is -2.11. The van der Waals surface area contributed by atoms with Crippen molar-refractivity contribution in [3.05, 3.63) is 35.9 Å². The lowest BCUT2D eigenvalue weighted by atomic mass is 9.77. The van der Waals surface area contributed by atoms with E-state index < -0.39 is 24.2 Å². The van der Waals surface area contributed by atoms with Crippen molar-refractivity contribution in [2.24, 2.45) is 5.92 Å². The molecule has 1 aromatic rings. The fourth-order valence-corrected chi connectivity index (χ4v) is 2.26. The van der Waals surface area contributed by atoms with Gasteiger partial charge in [0.05, 0.1) is 7.11 Å². The van der Waals surface area contributed by atoms with Gasteiger partial charge in [0, 0.05) is 12.0 Å². The minimum atomic E-state index is -1.62. The number of esters is 1. The molecule has 0 radical (unpaired) electrons. The summed E-state index contributed by atoms with van der Waals surface area (Å²) in [6, 6.07) is 9.17. The van der Waals surface area contributed by atoms with Gasteiger partial charge in [-0.25, -0.2) is 14.0 Å². The first-order chi connectivity index (χ1) is 10.1. The zero-order valence-corrected chi connectivity index (χ0v) is 11.8. The molecule has 1 aromatic carbocycles. The van der Waals surface area contributed by atoms with E-state index >= 15 is 0 Å². The predicted molar refractivity (Wildman–Crippen MR) is 73.2 cm³/mol. The second kappa shape index (κ2) is 7.06. The third-order valence-corrected chi connectivity index (χ3v) is 3.55. The van der Waals surface area contributed by atoms with Crippen molar-refractivity contribution in [1.82, 2.24) is 5.32 Å². The highest BCUT2D eigenvalue weighted by Crippen LogP contribution is 2.32. The summed E-state index contributed by atoms with van der Waals surface area (Å²) in [4.78, 5) is 22.6. The summed E-state index contributed by atoms with van der Waals surface area (Å²) in [7, 11) is 1.16. The van der Waals surface area contributed by atoms with E-state index in [2.05, 4.69) is 10.1 Å². The number of hydrogen-bond acceptors (Lipinski definition) is 4. The summed E-state index contributed by atoms with van der Waals surface area (Å²) >= 11 is 0. The number of carbonyl (C=O) groups excluding carboxylic acids is 2. The summed E-state index contributed by atoms with van der Waals surface area (Å²) in [5, 5.41) is 2.65. The molecule has 1 amide bonds. The average molecular weight is 295 g/mol. The van der Waals surface area contributed by atoms with Gasteiger partial charge in [-0.1, -0.05) is 30.3 Å². The smallest absolute Gasteiger partial charge is 0.407 e. The molecule has 5 nitrogen and oxygen atoms in total. The molecule has 1 saturated carbocycles. The number of methoxy groups -OCH3 is 1. The Bertz CT molecular complexity index is 488. The van der Waals surface area contributed by atoms with Crippen LogP contribution in [0.5, 0.6) is 0 Å². The van der Waals surface area contributed by atoms with Crippen molar-refractivity contribution in [3.8, 4) is 0 Å². The van der Waals surface area contributed by atoms with Crippen LogP contribution in [0, 0.1) is 5.92 Å². The van der Waals surface area contributed by atoms with Crippen molar-refractivity contribution in [1.29, 1.82) is 0 Å². The van der Waals surface area contributed by atoms with Crippen molar-refractivity contribution in [3.63, 3.8) is 0 Å². The number of amides is 1. The zero-order chi connectivity index (χ0) is 15.2. The highest BCUT2D eigenvalue weighted by atomic mass is 19.1. The standard InChI is InChI=1S/C15H18FNO4/c1-20-14(18)13(16)11-7-12(8-11)17-15(19)21-9-10-5-3-2-4-6-10/h2-6,11-13H,7-9H2,1H3,(H,17,19). The van der Waals surface area contributed by atoms with Gasteiger partial charge in [-0.15, -0.1) is 0 Å². The van der Waals surface area contributed by atoms with Crippen LogP contribution in [0.25, 0.3) is 0 Å². The lowest BCUT2D eigenvalue weighted by molar-refractivity contribution is -0.150. The number of rotatable bonds is 5. The van der Waals surface area contributed by atoms with Crippen LogP contribution in [-0.4, -0.2) is 31.4 Å². The molecule has 1 fully saturated rings. The van der Waals surface area contributed by atoms with Crippen LogP contribution >= 0.6 is 0 Å².